The Balaban J connectivity index is 1.84. The third kappa shape index (κ3) is 2.55. The van der Waals surface area contributed by atoms with Crippen molar-refractivity contribution in [1.82, 2.24) is 4.90 Å². The molecule has 0 spiro atoms. The molecule has 2 atom stereocenters. The highest BCUT2D eigenvalue weighted by Gasteiger charge is 2.35. The van der Waals surface area contributed by atoms with Crippen LogP contribution in [0.2, 0.25) is 0 Å². The lowest BCUT2D eigenvalue weighted by atomic mass is 9.82. The highest BCUT2D eigenvalue weighted by atomic mass is 32.1. The Morgan fingerprint density at radius 3 is 3.00 bits per heavy atom. The number of hydrogen-bond acceptors (Lipinski definition) is 3. The summed E-state index contributed by atoms with van der Waals surface area (Å²) in [6.07, 6.45) is 2.53. The van der Waals surface area contributed by atoms with E-state index in [9.17, 15) is 5.11 Å². The first kappa shape index (κ1) is 13.1. The number of likely N-dealkylation sites (tertiary alicyclic amines) is 1. The minimum Gasteiger partial charge on any atom is -0.389 e. The summed E-state index contributed by atoms with van der Waals surface area (Å²) in [4.78, 5) is 2.33. The third-order valence-electron chi connectivity index (χ3n) is 4.44. The van der Waals surface area contributed by atoms with Gasteiger partial charge in [-0.1, -0.05) is 18.2 Å². The molecule has 2 aromatic rings. The molecule has 2 nitrogen and oxygen atoms in total. The maximum Gasteiger partial charge on any atom is 0.0715 e. The predicted molar refractivity (Wildman–Crippen MR) is 81.8 cm³/mol. The van der Waals surface area contributed by atoms with Crippen molar-refractivity contribution in [3.63, 3.8) is 0 Å². The van der Waals surface area contributed by atoms with Gasteiger partial charge in [-0.2, -0.15) is 0 Å². The molecule has 1 aromatic heterocycles. The number of piperidine rings is 1. The second-order valence-electron chi connectivity index (χ2n) is 5.94. The summed E-state index contributed by atoms with van der Waals surface area (Å²) in [7, 11) is 2.14. The fourth-order valence-electron chi connectivity index (χ4n) is 3.10. The minimum atomic E-state index is -0.532. The third-order valence-corrected chi connectivity index (χ3v) is 5.45. The molecule has 1 aromatic carbocycles. The quantitative estimate of drug-likeness (QED) is 0.909. The minimum absolute atomic E-state index is 0.462. The lowest BCUT2D eigenvalue weighted by Crippen LogP contribution is -2.48. The summed E-state index contributed by atoms with van der Waals surface area (Å²) in [6, 6.07) is 8.95. The normalized spacial score (nSPS) is 28.9. The van der Waals surface area contributed by atoms with Gasteiger partial charge < -0.3 is 10.0 Å². The van der Waals surface area contributed by atoms with E-state index in [2.05, 4.69) is 48.5 Å². The molecule has 0 bridgehead atoms. The van der Waals surface area contributed by atoms with Gasteiger partial charge in [0.15, 0.2) is 0 Å². The molecule has 0 aliphatic carbocycles. The number of aliphatic hydroxyl groups is 1. The number of benzene rings is 1. The van der Waals surface area contributed by atoms with Gasteiger partial charge in [0.25, 0.3) is 0 Å². The van der Waals surface area contributed by atoms with E-state index in [0.29, 0.717) is 6.04 Å². The monoisotopic (exact) mass is 275 g/mol. The van der Waals surface area contributed by atoms with Crippen LogP contribution >= 0.6 is 11.3 Å². The van der Waals surface area contributed by atoms with Gasteiger partial charge in [-0.15, -0.1) is 11.3 Å². The number of thiophene rings is 1. The van der Waals surface area contributed by atoms with Crippen molar-refractivity contribution in [2.24, 2.45) is 0 Å². The van der Waals surface area contributed by atoms with Gasteiger partial charge in [-0.25, -0.2) is 0 Å². The molecular formula is C16H21NOS. The standard InChI is InChI=1S/C16H21NOS/c1-12-9-16(18,7-8-17(12)2)10-13-11-19-15-6-4-3-5-14(13)15/h3-6,11-12,18H,7-10H2,1-2H3. The van der Waals surface area contributed by atoms with Crippen LogP contribution in [-0.4, -0.2) is 35.2 Å². The molecule has 3 heteroatoms. The Labute approximate surface area is 118 Å². The molecule has 3 rings (SSSR count). The summed E-state index contributed by atoms with van der Waals surface area (Å²) in [5.41, 5.74) is 0.773. The second kappa shape index (κ2) is 4.89. The first-order chi connectivity index (χ1) is 9.07. The van der Waals surface area contributed by atoms with E-state index in [-0.39, 0.29) is 0 Å². The van der Waals surface area contributed by atoms with Crippen LogP contribution in [0.15, 0.2) is 29.6 Å². The molecule has 1 fully saturated rings. The van der Waals surface area contributed by atoms with E-state index < -0.39 is 5.60 Å². The number of nitrogens with zero attached hydrogens (tertiary/aromatic N) is 1. The van der Waals surface area contributed by atoms with Crippen LogP contribution < -0.4 is 0 Å². The van der Waals surface area contributed by atoms with E-state index in [1.165, 1.54) is 15.6 Å². The molecule has 1 aliphatic rings. The molecule has 19 heavy (non-hydrogen) atoms. The first-order valence-electron chi connectivity index (χ1n) is 6.95. The van der Waals surface area contributed by atoms with Gasteiger partial charge in [-0.05, 0) is 49.2 Å². The molecule has 0 radical (unpaired) electrons. The second-order valence-corrected chi connectivity index (χ2v) is 6.85. The molecule has 1 aliphatic heterocycles. The molecule has 2 unspecified atom stereocenters. The van der Waals surface area contributed by atoms with Gasteiger partial charge in [-0.3, -0.25) is 0 Å². The number of rotatable bonds is 2. The Bertz CT molecular complexity index is 579. The lowest BCUT2D eigenvalue weighted by molar-refractivity contribution is -0.0350. The van der Waals surface area contributed by atoms with Gasteiger partial charge in [0.05, 0.1) is 5.60 Å². The Morgan fingerprint density at radius 2 is 2.21 bits per heavy atom. The van der Waals surface area contributed by atoms with Crippen LogP contribution in [0.3, 0.4) is 0 Å². The highest BCUT2D eigenvalue weighted by Crippen LogP contribution is 2.34. The Kier molecular flexibility index (Phi) is 3.37. The summed E-state index contributed by atoms with van der Waals surface area (Å²) >= 11 is 1.78. The zero-order chi connectivity index (χ0) is 13.5. The number of hydrogen-bond donors (Lipinski definition) is 1. The fourth-order valence-corrected chi connectivity index (χ4v) is 4.06. The average molecular weight is 275 g/mol. The maximum atomic E-state index is 10.9. The summed E-state index contributed by atoms with van der Waals surface area (Å²) in [5, 5.41) is 14.4. The molecule has 0 amide bonds. The van der Waals surface area contributed by atoms with Gasteiger partial charge in [0.1, 0.15) is 0 Å². The average Bonchev–Trinajstić information content (AvgIpc) is 2.78. The predicted octanol–water partition coefficient (Wildman–Crippen LogP) is 3.29. The van der Waals surface area contributed by atoms with Crippen molar-refractivity contribution in [2.75, 3.05) is 13.6 Å². The van der Waals surface area contributed by atoms with E-state index >= 15 is 0 Å². The zero-order valence-electron chi connectivity index (χ0n) is 11.6. The van der Waals surface area contributed by atoms with Gasteiger partial charge >= 0.3 is 0 Å². The lowest BCUT2D eigenvalue weighted by Gasteiger charge is -2.41. The fraction of sp³-hybridized carbons (Fsp3) is 0.500. The zero-order valence-corrected chi connectivity index (χ0v) is 12.4. The largest absolute Gasteiger partial charge is 0.389 e. The molecule has 1 saturated heterocycles. The van der Waals surface area contributed by atoms with Crippen LogP contribution in [0.25, 0.3) is 10.1 Å². The molecule has 0 saturated carbocycles. The first-order valence-corrected chi connectivity index (χ1v) is 7.83. The summed E-state index contributed by atoms with van der Waals surface area (Å²) in [6.45, 7) is 3.19. The van der Waals surface area contributed by atoms with E-state index in [0.717, 1.165) is 25.8 Å². The summed E-state index contributed by atoms with van der Waals surface area (Å²) < 4.78 is 1.32. The molecular weight excluding hydrogens is 254 g/mol. The van der Waals surface area contributed by atoms with Crippen molar-refractivity contribution in [2.45, 2.75) is 37.8 Å². The van der Waals surface area contributed by atoms with E-state index in [1.54, 1.807) is 11.3 Å². The highest BCUT2D eigenvalue weighted by molar-refractivity contribution is 7.17. The molecule has 1 N–H and O–H groups in total. The van der Waals surface area contributed by atoms with Crippen molar-refractivity contribution >= 4 is 21.4 Å². The SMILES string of the molecule is CC1CC(O)(Cc2csc3ccccc23)CCN1C. The van der Waals surface area contributed by atoms with Crippen molar-refractivity contribution in [3.8, 4) is 0 Å². The van der Waals surface area contributed by atoms with E-state index in [4.69, 9.17) is 0 Å². The van der Waals surface area contributed by atoms with E-state index in [1.807, 2.05) is 0 Å². The molecule has 2 heterocycles. The van der Waals surface area contributed by atoms with Crippen LogP contribution in [0.5, 0.6) is 0 Å². The van der Waals surface area contributed by atoms with Crippen molar-refractivity contribution in [1.29, 1.82) is 0 Å². The number of fused-ring (bicyclic) bond motifs is 1. The van der Waals surface area contributed by atoms with Crippen LogP contribution in [0.4, 0.5) is 0 Å². The van der Waals surface area contributed by atoms with Gasteiger partial charge in [0, 0.05) is 23.7 Å². The van der Waals surface area contributed by atoms with Crippen molar-refractivity contribution < 1.29 is 5.11 Å². The van der Waals surface area contributed by atoms with Gasteiger partial charge in [0.2, 0.25) is 0 Å². The summed E-state index contributed by atoms with van der Waals surface area (Å²) in [5.74, 6) is 0. The Morgan fingerprint density at radius 1 is 1.42 bits per heavy atom. The smallest absolute Gasteiger partial charge is 0.0715 e. The van der Waals surface area contributed by atoms with Crippen LogP contribution in [-0.2, 0) is 6.42 Å². The topological polar surface area (TPSA) is 23.5 Å². The maximum absolute atomic E-state index is 10.9. The Hall–Kier alpha value is -0.900. The van der Waals surface area contributed by atoms with Crippen molar-refractivity contribution in [3.05, 3.63) is 35.2 Å². The van der Waals surface area contributed by atoms with Crippen LogP contribution in [0.1, 0.15) is 25.3 Å². The molecule has 102 valence electrons. The van der Waals surface area contributed by atoms with Crippen LogP contribution in [0, 0.1) is 0 Å².